The van der Waals surface area contributed by atoms with Crippen LogP contribution in [-0.2, 0) is 22.6 Å². The Labute approximate surface area is 211 Å². The highest BCUT2D eigenvalue weighted by atomic mass is 19.1. The lowest BCUT2D eigenvalue weighted by Crippen LogP contribution is -2.34. The van der Waals surface area contributed by atoms with E-state index in [1.165, 1.54) is 31.4 Å². The largest absolute Gasteiger partial charge is 0.464 e. The van der Waals surface area contributed by atoms with Crippen LogP contribution < -0.4 is 4.90 Å². The second kappa shape index (κ2) is 10.1. The van der Waals surface area contributed by atoms with Crippen molar-refractivity contribution in [1.82, 2.24) is 9.13 Å². The monoisotopic (exact) mass is 499 g/mol. The number of hydrogen-bond donors (Lipinski definition) is 0. The number of anilines is 1. The fraction of sp³-hybridized carbons (Fsp3) is 0.103. The molecule has 1 amide bonds. The molecule has 0 aliphatic rings. The van der Waals surface area contributed by atoms with Crippen LogP contribution >= 0.6 is 0 Å². The molecule has 0 aliphatic heterocycles. The lowest BCUT2D eigenvalue weighted by Gasteiger charge is -2.24. The third-order valence-corrected chi connectivity index (χ3v) is 6.17. The average Bonchev–Trinajstić information content (AvgIpc) is 3.49. The Morgan fingerprint density at radius 3 is 2.14 bits per heavy atom. The van der Waals surface area contributed by atoms with E-state index >= 15 is 0 Å². The van der Waals surface area contributed by atoms with Crippen LogP contribution in [0.2, 0.25) is 0 Å². The standard InChI is InChI=1S/C29H23F2N3O3/c1-37-29(36)27-17-26-25(15-16-32(26)23-11-7-21(30)8-12-23)34(27)19-28(35)33(18-20-5-3-2-4-6-20)24-13-9-22(31)10-14-24/h2-17H,18-19H2,1H3. The van der Waals surface area contributed by atoms with Gasteiger partial charge in [0.1, 0.15) is 23.9 Å². The highest BCUT2D eigenvalue weighted by molar-refractivity contribution is 5.98. The van der Waals surface area contributed by atoms with Crippen LogP contribution in [0.4, 0.5) is 14.5 Å². The van der Waals surface area contributed by atoms with E-state index < -0.39 is 11.8 Å². The first kappa shape index (κ1) is 24.0. The van der Waals surface area contributed by atoms with Crippen molar-refractivity contribution >= 4 is 28.6 Å². The zero-order valence-electron chi connectivity index (χ0n) is 20.0. The van der Waals surface area contributed by atoms with Crippen molar-refractivity contribution in [1.29, 1.82) is 0 Å². The van der Waals surface area contributed by atoms with Crippen molar-refractivity contribution < 1.29 is 23.1 Å². The molecule has 0 atom stereocenters. The number of carbonyl (C=O) groups excluding carboxylic acids is 2. The smallest absolute Gasteiger partial charge is 0.354 e. The molecular weight excluding hydrogens is 476 g/mol. The quantitative estimate of drug-likeness (QED) is 0.269. The van der Waals surface area contributed by atoms with Crippen molar-refractivity contribution in [3.63, 3.8) is 0 Å². The minimum Gasteiger partial charge on any atom is -0.464 e. The number of hydrogen-bond acceptors (Lipinski definition) is 3. The molecule has 186 valence electrons. The first-order chi connectivity index (χ1) is 17.9. The minimum absolute atomic E-state index is 0.161. The number of fused-ring (bicyclic) bond motifs is 1. The maximum Gasteiger partial charge on any atom is 0.354 e. The summed E-state index contributed by atoms with van der Waals surface area (Å²) in [4.78, 5) is 28.0. The summed E-state index contributed by atoms with van der Waals surface area (Å²) in [6, 6.07) is 24.6. The first-order valence-electron chi connectivity index (χ1n) is 11.6. The minimum atomic E-state index is -0.592. The molecule has 0 saturated heterocycles. The molecule has 0 saturated carbocycles. The number of benzene rings is 3. The second-order valence-corrected chi connectivity index (χ2v) is 8.48. The zero-order chi connectivity index (χ0) is 25.9. The van der Waals surface area contributed by atoms with Gasteiger partial charge in [-0.25, -0.2) is 13.6 Å². The van der Waals surface area contributed by atoms with Crippen LogP contribution in [0.5, 0.6) is 0 Å². The molecule has 0 bridgehead atoms. The number of ether oxygens (including phenoxy) is 1. The predicted molar refractivity (Wildman–Crippen MR) is 137 cm³/mol. The van der Waals surface area contributed by atoms with Crippen molar-refractivity contribution in [3.8, 4) is 5.69 Å². The Kier molecular flexibility index (Phi) is 6.55. The van der Waals surface area contributed by atoms with Gasteiger partial charge in [-0.2, -0.15) is 0 Å². The number of nitrogens with zero attached hydrogens (tertiary/aromatic N) is 3. The topological polar surface area (TPSA) is 56.5 Å². The van der Waals surface area contributed by atoms with Gasteiger partial charge in [-0.3, -0.25) is 4.79 Å². The Morgan fingerprint density at radius 1 is 0.838 bits per heavy atom. The molecule has 5 rings (SSSR count). The summed E-state index contributed by atoms with van der Waals surface area (Å²) in [5, 5.41) is 0. The Hall–Kier alpha value is -4.72. The second-order valence-electron chi connectivity index (χ2n) is 8.48. The SMILES string of the molecule is COC(=O)c1cc2c(ccn2-c2ccc(F)cc2)n1CC(=O)N(Cc1ccccc1)c1ccc(F)cc1. The van der Waals surface area contributed by atoms with Gasteiger partial charge in [-0.05, 0) is 66.2 Å². The maximum absolute atomic E-state index is 13.7. The molecule has 0 aliphatic carbocycles. The Bertz CT molecular complexity index is 1560. The summed E-state index contributed by atoms with van der Waals surface area (Å²) in [5.41, 5.74) is 3.63. The predicted octanol–water partition coefficient (Wildman–Crippen LogP) is 5.73. The molecule has 3 aromatic carbocycles. The van der Waals surface area contributed by atoms with E-state index in [1.807, 2.05) is 34.9 Å². The number of carbonyl (C=O) groups is 2. The van der Waals surface area contributed by atoms with Gasteiger partial charge in [-0.1, -0.05) is 30.3 Å². The molecule has 8 heteroatoms. The molecule has 0 spiro atoms. The highest BCUT2D eigenvalue weighted by Crippen LogP contribution is 2.27. The summed E-state index contributed by atoms with van der Waals surface area (Å²) in [5.74, 6) is -1.65. The molecule has 6 nitrogen and oxygen atoms in total. The van der Waals surface area contributed by atoms with Crippen LogP contribution in [-0.4, -0.2) is 28.1 Å². The number of halogens is 2. The molecule has 0 radical (unpaired) electrons. The van der Waals surface area contributed by atoms with E-state index in [4.69, 9.17) is 4.74 Å². The van der Waals surface area contributed by atoms with E-state index in [0.29, 0.717) is 22.4 Å². The third kappa shape index (κ3) is 4.86. The fourth-order valence-electron chi connectivity index (χ4n) is 4.35. The van der Waals surface area contributed by atoms with Crippen LogP contribution in [0.15, 0.2) is 97.2 Å². The van der Waals surface area contributed by atoms with Crippen molar-refractivity contribution in [2.75, 3.05) is 12.0 Å². The van der Waals surface area contributed by atoms with E-state index in [-0.39, 0.29) is 30.5 Å². The molecule has 0 fully saturated rings. The summed E-state index contributed by atoms with van der Waals surface area (Å²) in [7, 11) is 1.28. The lowest BCUT2D eigenvalue weighted by atomic mass is 10.2. The van der Waals surface area contributed by atoms with Gasteiger partial charge in [0.05, 0.1) is 24.7 Å². The first-order valence-corrected chi connectivity index (χ1v) is 11.6. The van der Waals surface area contributed by atoms with Crippen LogP contribution in [0.1, 0.15) is 16.1 Å². The van der Waals surface area contributed by atoms with Gasteiger partial charge in [0.15, 0.2) is 0 Å². The van der Waals surface area contributed by atoms with Gasteiger partial charge < -0.3 is 18.8 Å². The van der Waals surface area contributed by atoms with Gasteiger partial charge in [-0.15, -0.1) is 0 Å². The number of esters is 1. The summed E-state index contributed by atoms with van der Waals surface area (Å²) in [6.45, 7) is 0.103. The van der Waals surface area contributed by atoms with Crippen LogP contribution in [0.25, 0.3) is 16.7 Å². The van der Waals surface area contributed by atoms with Crippen LogP contribution in [0, 0.1) is 11.6 Å². The Morgan fingerprint density at radius 2 is 1.49 bits per heavy atom. The van der Waals surface area contributed by atoms with E-state index in [1.54, 1.807) is 52.1 Å². The zero-order valence-corrected chi connectivity index (χ0v) is 20.0. The highest BCUT2D eigenvalue weighted by Gasteiger charge is 2.24. The molecule has 0 unspecified atom stereocenters. The van der Waals surface area contributed by atoms with Gasteiger partial charge in [0.25, 0.3) is 0 Å². The molecule has 5 aromatic rings. The summed E-state index contributed by atoms with van der Waals surface area (Å²) >= 11 is 0. The normalized spacial score (nSPS) is 11.0. The third-order valence-electron chi connectivity index (χ3n) is 6.17. The fourth-order valence-corrected chi connectivity index (χ4v) is 4.35. The van der Waals surface area contributed by atoms with Gasteiger partial charge >= 0.3 is 5.97 Å². The van der Waals surface area contributed by atoms with Crippen LogP contribution in [0.3, 0.4) is 0 Å². The number of aromatic nitrogens is 2. The van der Waals surface area contributed by atoms with E-state index in [9.17, 15) is 18.4 Å². The number of rotatable bonds is 7. The lowest BCUT2D eigenvalue weighted by molar-refractivity contribution is -0.119. The average molecular weight is 500 g/mol. The summed E-state index contributed by atoms with van der Waals surface area (Å²) < 4.78 is 35.5. The van der Waals surface area contributed by atoms with Gasteiger partial charge in [0, 0.05) is 17.6 Å². The van der Waals surface area contributed by atoms with Gasteiger partial charge in [0.2, 0.25) is 5.91 Å². The van der Waals surface area contributed by atoms with Crippen molar-refractivity contribution in [2.24, 2.45) is 0 Å². The van der Waals surface area contributed by atoms with Crippen molar-refractivity contribution in [3.05, 3.63) is 120 Å². The Balaban J connectivity index is 1.55. The maximum atomic E-state index is 13.7. The number of methoxy groups -OCH3 is 1. The molecule has 37 heavy (non-hydrogen) atoms. The molecular formula is C29H23F2N3O3. The summed E-state index contributed by atoms with van der Waals surface area (Å²) in [6.07, 6.45) is 1.79. The molecule has 2 heterocycles. The molecule has 0 N–H and O–H groups in total. The van der Waals surface area contributed by atoms with E-state index in [2.05, 4.69) is 0 Å². The number of amides is 1. The van der Waals surface area contributed by atoms with E-state index in [0.717, 1.165) is 5.56 Å². The van der Waals surface area contributed by atoms with Crippen molar-refractivity contribution in [2.45, 2.75) is 13.1 Å². The molecule has 2 aromatic heterocycles.